The summed E-state index contributed by atoms with van der Waals surface area (Å²) >= 11 is 0. The standard InChI is InChI=1S/C35H40N4/c1-9-27-24(7)31(16-29-22(5)20(3)18-36-29)38-34(27)33(26-14-12-11-13-15-26)35-28(10-2)25(8)32(39-35)17-30-23(6)21(4)19-37-30/h11-19,33,38-39H,9-10H2,1-8H3/b29-16-,30-17-. The highest BCUT2D eigenvalue weighted by atomic mass is 14.8. The van der Waals surface area contributed by atoms with Gasteiger partial charge >= 0.3 is 0 Å². The van der Waals surface area contributed by atoms with Gasteiger partial charge in [-0.3, -0.25) is 9.98 Å². The summed E-state index contributed by atoms with van der Waals surface area (Å²) in [5.41, 5.74) is 18.4. The maximum absolute atomic E-state index is 4.68. The molecule has 1 aromatic carbocycles. The summed E-state index contributed by atoms with van der Waals surface area (Å²) in [6.07, 6.45) is 10.3. The number of aliphatic imine (C=N–C) groups is 2. The summed E-state index contributed by atoms with van der Waals surface area (Å²) in [5.74, 6) is 0.0590. The van der Waals surface area contributed by atoms with E-state index in [1.165, 1.54) is 61.5 Å². The molecule has 0 aliphatic carbocycles. The van der Waals surface area contributed by atoms with Crippen molar-refractivity contribution in [3.05, 3.63) is 115 Å². The molecule has 0 unspecified atom stereocenters. The number of nitrogens with one attached hydrogen (secondary N) is 2. The number of nitrogens with zero attached hydrogens (tertiary/aromatic N) is 2. The van der Waals surface area contributed by atoms with Crippen LogP contribution in [0.15, 0.2) is 74.0 Å². The fraction of sp³-hybridized carbons (Fsp3) is 0.314. The molecule has 0 fully saturated rings. The van der Waals surface area contributed by atoms with Crippen molar-refractivity contribution in [2.45, 2.75) is 74.1 Å². The molecule has 4 heterocycles. The second-order valence-electron chi connectivity index (χ2n) is 10.9. The lowest BCUT2D eigenvalue weighted by molar-refractivity contribution is 0.853. The Hall–Kier alpha value is -3.92. The van der Waals surface area contributed by atoms with E-state index in [-0.39, 0.29) is 5.92 Å². The molecule has 0 amide bonds. The Balaban J connectivity index is 1.71. The van der Waals surface area contributed by atoms with Crippen molar-refractivity contribution in [3.63, 3.8) is 0 Å². The summed E-state index contributed by atoms with van der Waals surface area (Å²) < 4.78 is 0. The van der Waals surface area contributed by atoms with Crippen LogP contribution in [0.5, 0.6) is 0 Å². The lowest BCUT2D eigenvalue weighted by Gasteiger charge is -2.20. The highest BCUT2D eigenvalue weighted by Gasteiger charge is 2.28. The van der Waals surface area contributed by atoms with Crippen LogP contribution < -0.4 is 0 Å². The van der Waals surface area contributed by atoms with Crippen molar-refractivity contribution in [2.75, 3.05) is 0 Å². The summed E-state index contributed by atoms with van der Waals surface area (Å²) in [4.78, 5) is 17.1. The third kappa shape index (κ3) is 4.73. The Morgan fingerprint density at radius 2 is 1.10 bits per heavy atom. The van der Waals surface area contributed by atoms with Crippen LogP contribution in [0.1, 0.15) is 98.1 Å². The molecule has 0 saturated heterocycles. The Morgan fingerprint density at radius 1 is 0.667 bits per heavy atom. The van der Waals surface area contributed by atoms with Crippen LogP contribution in [-0.4, -0.2) is 22.4 Å². The zero-order chi connectivity index (χ0) is 27.8. The number of hydrogen-bond acceptors (Lipinski definition) is 2. The summed E-state index contributed by atoms with van der Waals surface area (Å²) in [7, 11) is 0. The van der Waals surface area contributed by atoms with E-state index in [2.05, 4.69) is 118 Å². The maximum atomic E-state index is 4.68. The van der Waals surface area contributed by atoms with Crippen LogP contribution in [-0.2, 0) is 12.8 Å². The SMILES string of the molecule is CCc1c(C(c2ccccc2)c2[nH]c(/C=C3\N=CC(C)=C3C)c(C)c2CC)[nH]c(/C=C2\N=CC(C)=C2C)c1C. The molecule has 5 rings (SSSR count). The first-order chi connectivity index (χ1) is 18.7. The van der Waals surface area contributed by atoms with Crippen LogP contribution >= 0.6 is 0 Å². The lowest BCUT2D eigenvalue weighted by atomic mass is 9.86. The third-order valence-electron chi connectivity index (χ3n) is 8.63. The summed E-state index contributed by atoms with van der Waals surface area (Å²) in [6, 6.07) is 10.9. The highest BCUT2D eigenvalue weighted by Crippen LogP contribution is 2.40. The second-order valence-corrected chi connectivity index (χ2v) is 10.9. The first-order valence-corrected chi connectivity index (χ1v) is 14.1. The van der Waals surface area contributed by atoms with Gasteiger partial charge in [0.05, 0.1) is 17.3 Å². The first-order valence-electron chi connectivity index (χ1n) is 14.1. The first kappa shape index (κ1) is 26.7. The minimum absolute atomic E-state index is 0.0590. The van der Waals surface area contributed by atoms with Gasteiger partial charge < -0.3 is 9.97 Å². The number of H-pyrrole nitrogens is 2. The molecule has 0 atom stereocenters. The summed E-state index contributed by atoms with van der Waals surface area (Å²) in [5, 5.41) is 0. The minimum Gasteiger partial charge on any atom is -0.358 e. The van der Waals surface area contributed by atoms with Crippen molar-refractivity contribution in [1.29, 1.82) is 0 Å². The molecule has 2 aliphatic rings. The summed E-state index contributed by atoms with van der Waals surface area (Å²) in [6.45, 7) is 17.5. The fourth-order valence-corrected chi connectivity index (χ4v) is 5.86. The van der Waals surface area contributed by atoms with E-state index in [4.69, 9.17) is 0 Å². The number of aromatic amines is 2. The van der Waals surface area contributed by atoms with E-state index in [0.717, 1.165) is 35.6 Å². The van der Waals surface area contributed by atoms with E-state index in [9.17, 15) is 0 Å². The smallest absolute Gasteiger partial charge is 0.0682 e. The van der Waals surface area contributed by atoms with Crippen LogP contribution in [0.25, 0.3) is 12.2 Å². The van der Waals surface area contributed by atoms with Gasteiger partial charge in [-0.25, -0.2) is 0 Å². The van der Waals surface area contributed by atoms with Crippen LogP contribution in [0.4, 0.5) is 0 Å². The fourth-order valence-electron chi connectivity index (χ4n) is 5.86. The molecule has 39 heavy (non-hydrogen) atoms. The minimum atomic E-state index is 0.0590. The normalized spacial score (nSPS) is 17.4. The maximum Gasteiger partial charge on any atom is 0.0682 e. The quantitative estimate of drug-likeness (QED) is 0.315. The molecule has 3 aromatic rings. The van der Waals surface area contributed by atoms with Gasteiger partial charge in [0.2, 0.25) is 0 Å². The molecule has 0 radical (unpaired) electrons. The molecule has 4 heteroatoms. The Labute approximate surface area is 233 Å². The van der Waals surface area contributed by atoms with Gasteiger partial charge in [-0.2, -0.15) is 0 Å². The van der Waals surface area contributed by atoms with Crippen molar-refractivity contribution in [2.24, 2.45) is 9.98 Å². The van der Waals surface area contributed by atoms with Crippen molar-refractivity contribution >= 4 is 24.6 Å². The average molecular weight is 517 g/mol. The lowest BCUT2D eigenvalue weighted by Crippen LogP contribution is -2.09. The van der Waals surface area contributed by atoms with Crippen molar-refractivity contribution < 1.29 is 0 Å². The molecule has 2 aromatic heterocycles. The molecular formula is C35H40N4. The molecule has 4 nitrogen and oxygen atoms in total. The Bertz CT molecular complexity index is 1510. The Morgan fingerprint density at radius 3 is 1.46 bits per heavy atom. The molecule has 2 N–H and O–H groups in total. The van der Waals surface area contributed by atoms with Gasteiger partial charge in [0.25, 0.3) is 0 Å². The highest BCUT2D eigenvalue weighted by molar-refractivity contribution is 5.88. The topological polar surface area (TPSA) is 56.3 Å². The number of rotatable bonds is 7. The van der Waals surface area contributed by atoms with Gasteiger partial charge in [-0.05, 0) is 117 Å². The molecule has 0 saturated carbocycles. The second kappa shape index (κ2) is 10.7. The largest absolute Gasteiger partial charge is 0.358 e. The molecule has 2 aliphatic heterocycles. The van der Waals surface area contributed by atoms with Gasteiger partial charge in [0.1, 0.15) is 0 Å². The third-order valence-corrected chi connectivity index (χ3v) is 8.63. The van der Waals surface area contributed by atoms with E-state index < -0.39 is 0 Å². The van der Waals surface area contributed by atoms with Crippen LogP contribution in [0.2, 0.25) is 0 Å². The van der Waals surface area contributed by atoms with Crippen molar-refractivity contribution in [3.8, 4) is 0 Å². The van der Waals surface area contributed by atoms with Gasteiger partial charge in [0, 0.05) is 35.2 Å². The average Bonchev–Trinajstić information content (AvgIpc) is 3.63. The zero-order valence-corrected chi connectivity index (χ0v) is 24.6. The monoisotopic (exact) mass is 516 g/mol. The zero-order valence-electron chi connectivity index (χ0n) is 24.6. The Kier molecular flexibility index (Phi) is 7.31. The number of hydrogen-bond donors (Lipinski definition) is 2. The van der Waals surface area contributed by atoms with Crippen molar-refractivity contribution in [1.82, 2.24) is 9.97 Å². The molecule has 0 bridgehead atoms. The van der Waals surface area contributed by atoms with Gasteiger partial charge in [-0.15, -0.1) is 0 Å². The number of allylic oxidation sites excluding steroid dienone is 4. The van der Waals surface area contributed by atoms with Crippen LogP contribution in [0.3, 0.4) is 0 Å². The number of benzene rings is 1. The van der Waals surface area contributed by atoms with E-state index >= 15 is 0 Å². The van der Waals surface area contributed by atoms with E-state index in [1.807, 2.05) is 12.4 Å². The van der Waals surface area contributed by atoms with Gasteiger partial charge in [-0.1, -0.05) is 44.2 Å². The van der Waals surface area contributed by atoms with Crippen LogP contribution in [0, 0.1) is 13.8 Å². The number of aromatic nitrogens is 2. The van der Waals surface area contributed by atoms with E-state index in [1.54, 1.807) is 0 Å². The molecular weight excluding hydrogens is 476 g/mol. The molecule has 200 valence electrons. The predicted octanol–water partition coefficient (Wildman–Crippen LogP) is 8.79. The van der Waals surface area contributed by atoms with Gasteiger partial charge in [0.15, 0.2) is 0 Å². The predicted molar refractivity (Wildman–Crippen MR) is 167 cm³/mol. The molecule has 0 spiro atoms. The van der Waals surface area contributed by atoms with E-state index in [0.29, 0.717) is 0 Å².